The van der Waals surface area contributed by atoms with Crippen LogP contribution in [-0.2, 0) is 36.1 Å². The summed E-state index contributed by atoms with van der Waals surface area (Å²) in [6.45, 7) is 3.81. The molecule has 1 aliphatic heterocycles. The minimum atomic E-state index is -3.20. The maximum Gasteiger partial charge on any atom is 0.209 e. The Balaban J connectivity index is 1.65. The molecule has 1 aliphatic rings. The van der Waals surface area contributed by atoms with Crippen molar-refractivity contribution < 1.29 is 8.42 Å². The molecule has 0 spiro atoms. The molecule has 0 radical (unpaired) electrons. The van der Waals surface area contributed by atoms with Gasteiger partial charge in [-0.05, 0) is 11.6 Å². The van der Waals surface area contributed by atoms with Crippen molar-refractivity contribution in [2.45, 2.75) is 26.1 Å². The molecule has 0 saturated heterocycles. The van der Waals surface area contributed by atoms with Gasteiger partial charge in [-0.15, -0.1) is 0 Å². The van der Waals surface area contributed by atoms with Crippen LogP contribution in [0.1, 0.15) is 17.1 Å². The Morgan fingerprint density at radius 1 is 1.26 bits per heavy atom. The van der Waals surface area contributed by atoms with Gasteiger partial charge in [-0.2, -0.15) is 0 Å². The van der Waals surface area contributed by atoms with Crippen LogP contribution in [0.4, 0.5) is 0 Å². The summed E-state index contributed by atoms with van der Waals surface area (Å²) >= 11 is 0. The minimum absolute atomic E-state index is 0.286. The maximum atomic E-state index is 11.3. The minimum Gasteiger partial charge on any atom is -0.329 e. The van der Waals surface area contributed by atoms with Crippen molar-refractivity contribution in [1.29, 1.82) is 0 Å². The van der Waals surface area contributed by atoms with E-state index in [9.17, 15) is 8.42 Å². The van der Waals surface area contributed by atoms with Gasteiger partial charge in [-0.25, -0.2) is 18.1 Å². The highest BCUT2D eigenvalue weighted by atomic mass is 32.2. The summed E-state index contributed by atoms with van der Waals surface area (Å²) in [5, 5.41) is 0. The Bertz CT molecular complexity index is 757. The first-order valence-electron chi connectivity index (χ1n) is 7.60. The highest BCUT2D eigenvalue weighted by Crippen LogP contribution is 2.13. The molecule has 0 bridgehead atoms. The van der Waals surface area contributed by atoms with Crippen LogP contribution in [0.2, 0.25) is 0 Å². The highest BCUT2D eigenvalue weighted by molar-refractivity contribution is 7.88. The number of aromatic nitrogens is 3. The van der Waals surface area contributed by atoms with E-state index in [0.29, 0.717) is 0 Å². The van der Waals surface area contributed by atoms with Crippen LogP contribution in [-0.4, -0.2) is 47.2 Å². The molecule has 0 atom stereocenters. The zero-order chi connectivity index (χ0) is 16.3. The molecular formula is C15H21N5O2S. The topological polar surface area (TPSA) is 80.1 Å². The van der Waals surface area contributed by atoms with E-state index in [1.54, 1.807) is 12.4 Å². The third-order valence-corrected chi connectivity index (χ3v) is 4.63. The van der Waals surface area contributed by atoms with Gasteiger partial charge < -0.3 is 4.57 Å². The zero-order valence-corrected chi connectivity index (χ0v) is 14.0. The van der Waals surface area contributed by atoms with E-state index >= 15 is 0 Å². The lowest BCUT2D eigenvalue weighted by atomic mass is 10.2. The average Bonchev–Trinajstić information content (AvgIpc) is 2.80. The molecule has 0 amide bonds. The number of hydrogen-bond donors (Lipinski definition) is 1. The second kappa shape index (κ2) is 6.77. The molecule has 2 aromatic rings. The second-order valence-electron chi connectivity index (χ2n) is 5.80. The van der Waals surface area contributed by atoms with Gasteiger partial charge in [0.05, 0.1) is 18.5 Å². The molecule has 3 rings (SSSR count). The average molecular weight is 335 g/mol. The lowest BCUT2D eigenvalue weighted by Gasteiger charge is -2.19. The number of hydrogen-bond acceptors (Lipinski definition) is 5. The number of nitrogens with zero attached hydrogens (tertiary/aromatic N) is 4. The van der Waals surface area contributed by atoms with Crippen LogP contribution >= 0.6 is 0 Å². The van der Waals surface area contributed by atoms with E-state index in [0.717, 1.165) is 44.1 Å². The van der Waals surface area contributed by atoms with Crippen molar-refractivity contribution >= 4 is 10.0 Å². The molecule has 1 N–H and O–H groups in total. The molecule has 0 aromatic carbocycles. The second-order valence-corrected chi connectivity index (χ2v) is 7.63. The zero-order valence-electron chi connectivity index (χ0n) is 13.1. The van der Waals surface area contributed by atoms with Crippen LogP contribution < -0.4 is 4.72 Å². The van der Waals surface area contributed by atoms with Crippen molar-refractivity contribution in [1.82, 2.24) is 24.2 Å². The molecule has 0 unspecified atom stereocenters. The molecule has 0 saturated carbocycles. The number of rotatable bonds is 5. The Kier molecular flexibility index (Phi) is 4.74. The highest BCUT2D eigenvalue weighted by Gasteiger charge is 2.18. The summed E-state index contributed by atoms with van der Waals surface area (Å²) in [6.07, 6.45) is 7.47. The van der Waals surface area contributed by atoms with Crippen LogP contribution in [0.15, 0.2) is 30.7 Å². The fourth-order valence-electron chi connectivity index (χ4n) is 2.79. The van der Waals surface area contributed by atoms with Crippen molar-refractivity contribution in [2.24, 2.45) is 0 Å². The molecular weight excluding hydrogens is 314 g/mol. The molecule has 2 aromatic heterocycles. The van der Waals surface area contributed by atoms with Crippen LogP contribution in [0.5, 0.6) is 0 Å². The van der Waals surface area contributed by atoms with Crippen molar-refractivity contribution in [2.75, 3.05) is 19.3 Å². The first kappa shape index (κ1) is 16.1. The van der Waals surface area contributed by atoms with Crippen LogP contribution in [0.3, 0.4) is 0 Å². The standard InChI is InChI=1S/C15H21N5O2S/c1-23(21,22)18-11-14-10-17-15-4-6-19(7-8-20(14)15)12-13-3-2-5-16-9-13/h2-3,5,9-10,18H,4,6-8,11-12H2,1H3. The normalized spacial score (nSPS) is 16.0. The summed E-state index contributed by atoms with van der Waals surface area (Å²) in [5.41, 5.74) is 2.11. The van der Waals surface area contributed by atoms with Gasteiger partial charge in [0.2, 0.25) is 10.0 Å². The molecule has 0 aliphatic carbocycles. The van der Waals surface area contributed by atoms with Gasteiger partial charge in [0.15, 0.2) is 0 Å². The van der Waals surface area contributed by atoms with E-state index in [4.69, 9.17) is 0 Å². The van der Waals surface area contributed by atoms with E-state index in [1.165, 1.54) is 11.8 Å². The Morgan fingerprint density at radius 2 is 2.13 bits per heavy atom. The summed E-state index contributed by atoms with van der Waals surface area (Å²) in [5.74, 6) is 1.02. The molecule has 124 valence electrons. The predicted octanol–water partition coefficient (Wildman–Crippen LogP) is 0.386. The van der Waals surface area contributed by atoms with Gasteiger partial charge in [0, 0.05) is 51.2 Å². The lowest BCUT2D eigenvalue weighted by molar-refractivity contribution is 0.270. The smallest absolute Gasteiger partial charge is 0.209 e. The molecule has 23 heavy (non-hydrogen) atoms. The number of sulfonamides is 1. The number of fused-ring (bicyclic) bond motifs is 1. The lowest BCUT2D eigenvalue weighted by Crippen LogP contribution is -2.27. The first-order valence-corrected chi connectivity index (χ1v) is 9.49. The van der Waals surface area contributed by atoms with E-state index in [2.05, 4.69) is 30.2 Å². The Hall–Kier alpha value is -1.77. The van der Waals surface area contributed by atoms with Gasteiger partial charge in [0.25, 0.3) is 0 Å². The predicted molar refractivity (Wildman–Crippen MR) is 87.1 cm³/mol. The van der Waals surface area contributed by atoms with Gasteiger partial charge in [-0.3, -0.25) is 9.88 Å². The van der Waals surface area contributed by atoms with E-state index in [1.807, 2.05) is 12.3 Å². The van der Waals surface area contributed by atoms with Crippen molar-refractivity contribution in [3.05, 3.63) is 47.8 Å². The third kappa shape index (κ3) is 4.37. The van der Waals surface area contributed by atoms with Gasteiger partial charge in [0.1, 0.15) is 5.82 Å². The quantitative estimate of drug-likeness (QED) is 0.855. The number of nitrogens with one attached hydrogen (secondary N) is 1. The molecule has 0 fully saturated rings. The molecule has 8 heteroatoms. The number of imidazole rings is 1. The van der Waals surface area contributed by atoms with E-state index in [-0.39, 0.29) is 6.54 Å². The summed E-state index contributed by atoms with van der Waals surface area (Å²) < 4.78 is 27.2. The Morgan fingerprint density at radius 3 is 2.87 bits per heavy atom. The first-order chi connectivity index (χ1) is 11.0. The van der Waals surface area contributed by atoms with Crippen LogP contribution in [0, 0.1) is 0 Å². The molecule has 7 nitrogen and oxygen atoms in total. The number of pyridine rings is 1. The molecule has 3 heterocycles. The summed E-state index contributed by atoms with van der Waals surface area (Å²) in [7, 11) is -3.20. The largest absolute Gasteiger partial charge is 0.329 e. The van der Waals surface area contributed by atoms with Crippen molar-refractivity contribution in [3.63, 3.8) is 0 Å². The SMILES string of the molecule is CS(=O)(=O)NCc1cnc2n1CCN(Cc1cccnc1)CC2. The van der Waals surface area contributed by atoms with Crippen molar-refractivity contribution in [3.8, 4) is 0 Å². The summed E-state index contributed by atoms with van der Waals surface area (Å²) in [4.78, 5) is 11.0. The van der Waals surface area contributed by atoms with Gasteiger partial charge in [-0.1, -0.05) is 6.07 Å². The monoisotopic (exact) mass is 335 g/mol. The summed E-state index contributed by atoms with van der Waals surface area (Å²) in [6, 6.07) is 4.03. The van der Waals surface area contributed by atoms with Gasteiger partial charge >= 0.3 is 0 Å². The fourth-order valence-corrected chi connectivity index (χ4v) is 3.20. The Labute approximate surface area is 136 Å². The van der Waals surface area contributed by atoms with Crippen LogP contribution in [0.25, 0.3) is 0 Å². The third-order valence-electron chi connectivity index (χ3n) is 3.96. The maximum absolute atomic E-state index is 11.3. The fraction of sp³-hybridized carbons (Fsp3) is 0.467. The van der Waals surface area contributed by atoms with E-state index < -0.39 is 10.0 Å².